The summed E-state index contributed by atoms with van der Waals surface area (Å²) in [6.45, 7) is 0. The lowest BCUT2D eigenvalue weighted by Gasteiger charge is -2.14. The highest BCUT2D eigenvalue weighted by Gasteiger charge is 2.18. The van der Waals surface area contributed by atoms with Gasteiger partial charge in [0.25, 0.3) is 0 Å². The van der Waals surface area contributed by atoms with Crippen molar-refractivity contribution in [3.05, 3.63) is 23.2 Å². The van der Waals surface area contributed by atoms with Crippen LogP contribution in [0.4, 0.5) is 0 Å². The predicted octanol–water partition coefficient (Wildman–Crippen LogP) is 3.57. The molecule has 0 amide bonds. The van der Waals surface area contributed by atoms with Gasteiger partial charge in [-0.2, -0.15) is 0 Å². The summed E-state index contributed by atoms with van der Waals surface area (Å²) in [6.07, 6.45) is 0. The first-order valence-electron chi connectivity index (χ1n) is 5.54. The minimum absolute atomic E-state index is 0.395. The number of aromatic nitrogens is 1. The van der Waals surface area contributed by atoms with E-state index < -0.39 is 0 Å². The molecule has 1 heterocycles. The average molecular weight is 300 g/mol. The summed E-state index contributed by atoms with van der Waals surface area (Å²) in [4.78, 5) is 4.45. The quantitative estimate of drug-likeness (QED) is 0.791. The predicted molar refractivity (Wildman–Crippen MR) is 76.8 cm³/mol. The number of hydrogen-bond acceptors (Lipinski definition) is 5. The third kappa shape index (κ3) is 2.62. The molecule has 2 rings (SSSR count). The van der Waals surface area contributed by atoms with Crippen molar-refractivity contribution in [1.82, 2.24) is 4.98 Å². The molecular weight excluding hydrogens is 286 g/mol. The molecule has 0 aliphatic carbocycles. The molecule has 0 aliphatic heterocycles. The Morgan fingerprint density at radius 2 is 1.84 bits per heavy atom. The summed E-state index contributed by atoms with van der Waals surface area (Å²) in [5, 5.41) is 2.77. The van der Waals surface area contributed by atoms with Crippen LogP contribution in [-0.2, 0) is 5.88 Å². The molecular formula is C13H14ClNO3S. The molecule has 0 fully saturated rings. The van der Waals surface area contributed by atoms with E-state index in [1.807, 2.05) is 17.5 Å². The zero-order valence-electron chi connectivity index (χ0n) is 10.9. The maximum atomic E-state index is 5.78. The van der Waals surface area contributed by atoms with Crippen molar-refractivity contribution in [3.63, 3.8) is 0 Å². The van der Waals surface area contributed by atoms with Crippen LogP contribution >= 0.6 is 22.9 Å². The molecule has 19 heavy (non-hydrogen) atoms. The van der Waals surface area contributed by atoms with Crippen LogP contribution in [0.3, 0.4) is 0 Å². The van der Waals surface area contributed by atoms with Crippen LogP contribution in [-0.4, -0.2) is 26.3 Å². The lowest BCUT2D eigenvalue weighted by Crippen LogP contribution is -1.96. The van der Waals surface area contributed by atoms with Crippen LogP contribution in [0.15, 0.2) is 17.5 Å². The molecule has 0 N–H and O–H groups in total. The van der Waals surface area contributed by atoms with E-state index in [2.05, 4.69) is 4.98 Å². The Bertz CT molecular complexity index is 571. The summed E-state index contributed by atoms with van der Waals surface area (Å²) in [5.41, 5.74) is 1.71. The van der Waals surface area contributed by atoms with E-state index in [4.69, 9.17) is 25.8 Å². The van der Waals surface area contributed by atoms with Gasteiger partial charge in [-0.25, -0.2) is 4.98 Å². The molecule has 1 aromatic heterocycles. The van der Waals surface area contributed by atoms with Crippen LogP contribution in [0.2, 0.25) is 0 Å². The SMILES string of the molecule is COc1ccc(-c2nc(CCl)cs2)c(OC)c1OC. The number of methoxy groups -OCH3 is 3. The van der Waals surface area contributed by atoms with Crippen molar-refractivity contribution in [2.45, 2.75) is 5.88 Å². The number of thiazole rings is 1. The Morgan fingerprint density at radius 3 is 2.37 bits per heavy atom. The molecule has 0 bridgehead atoms. The summed E-state index contributed by atoms with van der Waals surface area (Å²) in [7, 11) is 4.76. The van der Waals surface area contributed by atoms with Gasteiger partial charge in [-0.3, -0.25) is 0 Å². The standard InChI is InChI=1S/C13H14ClNO3S/c1-16-10-5-4-9(11(17-2)12(10)18-3)13-15-8(6-14)7-19-13/h4-5,7H,6H2,1-3H3. The van der Waals surface area contributed by atoms with E-state index in [0.29, 0.717) is 23.1 Å². The summed E-state index contributed by atoms with van der Waals surface area (Å²) in [5.74, 6) is 2.19. The Hall–Kier alpha value is -1.46. The third-order valence-electron chi connectivity index (χ3n) is 2.62. The van der Waals surface area contributed by atoms with Crippen molar-refractivity contribution in [2.24, 2.45) is 0 Å². The summed E-state index contributed by atoms with van der Waals surface area (Å²) >= 11 is 7.29. The number of nitrogens with zero attached hydrogens (tertiary/aromatic N) is 1. The molecule has 6 heteroatoms. The molecule has 0 unspecified atom stereocenters. The molecule has 0 saturated heterocycles. The number of benzene rings is 1. The van der Waals surface area contributed by atoms with Crippen molar-refractivity contribution in [1.29, 1.82) is 0 Å². The number of halogens is 1. The van der Waals surface area contributed by atoms with E-state index in [1.165, 1.54) is 11.3 Å². The zero-order valence-corrected chi connectivity index (χ0v) is 12.5. The molecule has 102 valence electrons. The third-order valence-corrected chi connectivity index (χ3v) is 3.82. The highest BCUT2D eigenvalue weighted by molar-refractivity contribution is 7.13. The van der Waals surface area contributed by atoms with E-state index in [-0.39, 0.29) is 0 Å². The van der Waals surface area contributed by atoms with Gasteiger partial charge < -0.3 is 14.2 Å². The van der Waals surface area contributed by atoms with Crippen molar-refractivity contribution in [3.8, 4) is 27.8 Å². The van der Waals surface area contributed by atoms with Crippen LogP contribution in [0.5, 0.6) is 17.2 Å². The number of ether oxygens (including phenoxy) is 3. The summed E-state index contributed by atoms with van der Waals surface area (Å²) in [6, 6.07) is 3.73. The lowest BCUT2D eigenvalue weighted by molar-refractivity contribution is 0.325. The molecule has 0 radical (unpaired) electrons. The van der Waals surface area contributed by atoms with E-state index in [1.54, 1.807) is 21.3 Å². The molecule has 0 spiro atoms. The fourth-order valence-corrected chi connectivity index (χ4v) is 2.83. The van der Waals surface area contributed by atoms with Crippen molar-refractivity contribution < 1.29 is 14.2 Å². The first kappa shape index (κ1) is 14.0. The number of alkyl halides is 1. The van der Waals surface area contributed by atoms with E-state index in [9.17, 15) is 0 Å². The monoisotopic (exact) mass is 299 g/mol. The average Bonchev–Trinajstić information content (AvgIpc) is 2.94. The zero-order chi connectivity index (χ0) is 13.8. The minimum Gasteiger partial charge on any atom is -0.493 e. The Kier molecular flexibility index (Phi) is 4.50. The second-order valence-corrected chi connectivity index (χ2v) is 4.78. The number of hydrogen-bond donors (Lipinski definition) is 0. The fourth-order valence-electron chi connectivity index (χ4n) is 1.76. The van der Waals surface area contributed by atoms with Gasteiger partial charge in [0.15, 0.2) is 11.5 Å². The highest BCUT2D eigenvalue weighted by atomic mass is 35.5. The van der Waals surface area contributed by atoms with Crippen LogP contribution in [0.25, 0.3) is 10.6 Å². The van der Waals surface area contributed by atoms with E-state index >= 15 is 0 Å². The first-order chi connectivity index (χ1) is 9.24. The van der Waals surface area contributed by atoms with Gasteiger partial charge in [-0.1, -0.05) is 0 Å². The van der Waals surface area contributed by atoms with Gasteiger partial charge in [0.1, 0.15) is 5.01 Å². The Morgan fingerprint density at radius 1 is 1.11 bits per heavy atom. The lowest BCUT2D eigenvalue weighted by atomic mass is 10.1. The second-order valence-electron chi connectivity index (χ2n) is 3.66. The van der Waals surface area contributed by atoms with Gasteiger partial charge in [-0.15, -0.1) is 22.9 Å². The van der Waals surface area contributed by atoms with Gasteiger partial charge in [0, 0.05) is 5.38 Å². The van der Waals surface area contributed by atoms with Crippen molar-refractivity contribution >= 4 is 22.9 Å². The fraction of sp³-hybridized carbons (Fsp3) is 0.308. The Balaban J connectivity index is 2.56. The normalized spacial score (nSPS) is 10.3. The number of rotatable bonds is 5. The van der Waals surface area contributed by atoms with Gasteiger partial charge in [-0.05, 0) is 12.1 Å². The first-order valence-corrected chi connectivity index (χ1v) is 6.96. The highest BCUT2D eigenvalue weighted by Crippen LogP contribution is 2.44. The molecule has 2 aromatic rings. The minimum atomic E-state index is 0.395. The molecule has 0 atom stereocenters. The topological polar surface area (TPSA) is 40.6 Å². The van der Waals surface area contributed by atoms with Crippen LogP contribution in [0.1, 0.15) is 5.69 Å². The smallest absolute Gasteiger partial charge is 0.204 e. The van der Waals surface area contributed by atoms with Gasteiger partial charge in [0.05, 0.1) is 38.5 Å². The van der Waals surface area contributed by atoms with Crippen molar-refractivity contribution in [2.75, 3.05) is 21.3 Å². The van der Waals surface area contributed by atoms with Gasteiger partial charge in [0.2, 0.25) is 5.75 Å². The van der Waals surface area contributed by atoms with Gasteiger partial charge >= 0.3 is 0 Å². The second kappa shape index (κ2) is 6.12. The maximum Gasteiger partial charge on any atom is 0.204 e. The molecule has 0 saturated carbocycles. The van der Waals surface area contributed by atoms with Crippen LogP contribution in [0, 0.1) is 0 Å². The van der Waals surface area contributed by atoms with Crippen LogP contribution < -0.4 is 14.2 Å². The Labute approximate surface area is 120 Å². The molecule has 0 aliphatic rings. The largest absolute Gasteiger partial charge is 0.493 e. The molecule has 4 nitrogen and oxygen atoms in total. The maximum absolute atomic E-state index is 5.78. The van der Waals surface area contributed by atoms with E-state index in [0.717, 1.165) is 16.3 Å². The summed E-state index contributed by atoms with van der Waals surface area (Å²) < 4.78 is 16.0. The molecule has 1 aromatic carbocycles.